The first-order valence-electron chi connectivity index (χ1n) is 5.51. The molecule has 2 heterocycles. The molecule has 0 aliphatic carbocycles. The molecular weight excluding hydrogens is 250 g/mol. The van der Waals surface area contributed by atoms with Gasteiger partial charge in [0.25, 0.3) is 0 Å². The molecule has 0 saturated heterocycles. The molecule has 5 nitrogen and oxygen atoms in total. The monoisotopic (exact) mass is 263 g/mol. The molecule has 2 aromatic heterocycles. The van der Waals surface area contributed by atoms with E-state index in [-0.39, 0.29) is 12.4 Å². The maximum atomic E-state index is 11.3. The van der Waals surface area contributed by atoms with E-state index in [9.17, 15) is 4.79 Å². The van der Waals surface area contributed by atoms with Crippen molar-refractivity contribution in [2.75, 3.05) is 12.3 Å². The van der Waals surface area contributed by atoms with Gasteiger partial charge in [0.15, 0.2) is 0 Å². The summed E-state index contributed by atoms with van der Waals surface area (Å²) in [4.78, 5) is 19.7. The number of thiazole rings is 1. The standard InChI is InChI=1S/C12H13N3O2S/c1-2-17-10(16)6-8-7-18-12(15-8)9-4-3-5-14-11(9)13/h3-5,7H,2,6H2,1H3,(H2,13,14). The van der Waals surface area contributed by atoms with Crippen LogP contribution in [0.4, 0.5) is 5.82 Å². The molecule has 0 aromatic carbocycles. The van der Waals surface area contributed by atoms with E-state index in [2.05, 4.69) is 9.97 Å². The van der Waals surface area contributed by atoms with Gasteiger partial charge in [-0.25, -0.2) is 9.97 Å². The van der Waals surface area contributed by atoms with Crippen LogP contribution in [0, 0.1) is 0 Å². The molecule has 6 heteroatoms. The second-order valence-corrected chi connectivity index (χ2v) is 4.42. The summed E-state index contributed by atoms with van der Waals surface area (Å²) in [7, 11) is 0. The molecule has 0 atom stereocenters. The zero-order chi connectivity index (χ0) is 13.0. The first-order chi connectivity index (χ1) is 8.70. The maximum absolute atomic E-state index is 11.3. The summed E-state index contributed by atoms with van der Waals surface area (Å²) in [6.45, 7) is 2.16. The van der Waals surface area contributed by atoms with E-state index in [1.54, 1.807) is 19.2 Å². The minimum atomic E-state index is -0.270. The molecule has 2 N–H and O–H groups in total. The van der Waals surface area contributed by atoms with Crippen molar-refractivity contribution in [1.29, 1.82) is 0 Å². The number of nitrogen functional groups attached to an aromatic ring is 1. The molecule has 18 heavy (non-hydrogen) atoms. The number of hydrogen-bond acceptors (Lipinski definition) is 6. The highest BCUT2D eigenvalue weighted by molar-refractivity contribution is 7.13. The molecule has 0 amide bonds. The molecule has 0 fully saturated rings. The summed E-state index contributed by atoms with van der Waals surface area (Å²) in [5, 5.41) is 2.60. The smallest absolute Gasteiger partial charge is 0.311 e. The van der Waals surface area contributed by atoms with E-state index in [1.807, 2.05) is 11.4 Å². The van der Waals surface area contributed by atoms with Crippen LogP contribution < -0.4 is 5.73 Å². The Labute approximate surface area is 109 Å². The van der Waals surface area contributed by atoms with Gasteiger partial charge in [-0.1, -0.05) is 0 Å². The number of ether oxygens (including phenoxy) is 1. The Morgan fingerprint density at radius 3 is 3.11 bits per heavy atom. The normalized spacial score (nSPS) is 10.3. The van der Waals surface area contributed by atoms with Crippen LogP contribution in [0.2, 0.25) is 0 Å². The van der Waals surface area contributed by atoms with Crippen LogP contribution in [0.15, 0.2) is 23.7 Å². The van der Waals surface area contributed by atoms with Crippen molar-refractivity contribution in [3.05, 3.63) is 29.4 Å². The molecular formula is C12H13N3O2S. The summed E-state index contributed by atoms with van der Waals surface area (Å²) in [5.41, 5.74) is 7.26. The second kappa shape index (κ2) is 5.59. The molecule has 0 spiro atoms. The minimum Gasteiger partial charge on any atom is -0.466 e. The Morgan fingerprint density at radius 1 is 1.56 bits per heavy atom. The van der Waals surface area contributed by atoms with Crippen LogP contribution in [0.3, 0.4) is 0 Å². The molecule has 0 aliphatic rings. The number of rotatable bonds is 4. The maximum Gasteiger partial charge on any atom is 0.311 e. The van der Waals surface area contributed by atoms with Crippen molar-refractivity contribution in [1.82, 2.24) is 9.97 Å². The number of nitrogens with zero attached hydrogens (tertiary/aromatic N) is 2. The third-order valence-corrected chi connectivity index (χ3v) is 3.18. The SMILES string of the molecule is CCOC(=O)Cc1csc(-c2cccnc2N)n1. The number of pyridine rings is 1. The number of esters is 1. The van der Waals surface area contributed by atoms with Crippen molar-refractivity contribution >= 4 is 23.1 Å². The topological polar surface area (TPSA) is 78.1 Å². The minimum absolute atomic E-state index is 0.185. The molecule has 0 bridgehead atoms. The number of carbonyl (C=O) groups excluding carboxylic acids is 1. The Hall–Kier alpha value is -1.95. The fourth-order valence-electron chi connectivity index (χ4n) is 1.47. The summed E-state index contributed by atoms with van der Waals surface area (Å²) in [6, 6.07) is 3.66. The fourth-order valence-corrected chi connectivity index (χ4v) is 2.32. The van der Waals surface area contributed by atoms with Crippen molar-refractivity contribution in [3.8, 4) is 10.6 Å². The Bertz CT molecular complexity index is 554. The summed E-state index contributed by atoms with van der Waals surface area (Å²) < 4.78 is 4.87. The summed E-state index contributed by atoms with van der Waals surface area (Å²) in [5.74, 6) is 0.169. The highest BCUT2D eigenvalue weighted by atomic mass is 32.1. The van der Waals surface area contributed by atoms with Crippen LogP contribution in [-0.2, 0) is 16.0 Å². The second-order valence-electron chi connectivity index (χ2n) is 3.56. The van der Waals surface area contributed by atoms with Gasteiger partial charge in [0.1, 0.15) is 10.8 Å². The van der Waals surface area contributed by atoms with Crippen molar-refractivity contribution in [2.45, 2.75) is 13.3 Å². The van der Waals surface area contributed by atoms with Gasteiger partial charge in [-0.2, -0.15) is 0 Å². The van der Waals surface area contributed by atoms with Crippen molar-refractivity contribution in [2.24, 2.45) is 0 Å². The molecule has 0 unspecified atom stereocenters. The number of carbonyl (C=O) groups is 1. The largest absolute Gasteiger partial charge is 0.466 e. The quantitative estimate of drug-likeness (QED) is 0.852. The molecule has 2 rings (SSSR count). The number of anilines is 1. The first kappa shape index (κ1) is 12.5. The molecule has 94 valence electrons. The first-order valence-corrected chi connectivity index (χ1v) is 6.39. The lowest BCUT2D eigenvalue weighted by Crippen LogP contribution is -2.07. The predicted octanol–water partition coefficient (Wildman–Crippen LogP) is 1.89. The van der Waals surface area contributed by atoms with E-state index in [1.165, 1.54) is 11.3 Å². The van der Waals surface area contributed by atoms with Gasteiger partial charge in [-0.15, -0.1) is 11.3 Å². The van der Waals surface area contributed by atoms with Crippen LogP contribution in [0.1, 0.15) is 12.6 Å². The van der Waals surface area contributed by atoms with E-state index in [0.29, 0.717) is 18.1 Å². The Morgan fingerprint density at radius 2 is 2.39 bits per heavy atom. The van der Waals surface area contributed by atoms with Gasteiger partial charge in [-0.05, 0) is 19.1 Å². The van der Waals surface area contributed by atoms with Crippen LogP contribution in [0.25, 0.3) is 10.6 Å². The van der Waals surface area contributed by atoms with Gasteiger partial charge >= 0.3 is 5.97 Å². The Balaban J connectivity index is 2.16. The van der Waals surface area contributed by atoms with Gasteiger partial charge in [0, 0.05) is 11.6 Å². The average Bonchev–Trinajstić information content (AvgIpc) is 2.78. The average molecular weight is 263 g/mol. The van der Waals surface area contributed by atoms with Crippen LogP contribution in [0.5, 0.6) is 0 Å². The molecule has 2 aromatic rings. The molecule has 0 aliphatic heterocycles. The summed E-state index contributed by atoms with van der Waals surface area (Å²) in [6.07, 6.45) is 1.82. The molecule has 0 radical (unpaired) electrons. The zero-order valence-electron chi connectivity index (χ0n) is 9.92. The van der Waals surface area contributed by atoms with Gasteiger partial charge in [0.05, 0.1) is 24.3 Å². The zero-order valence-corrected chi connectivity index (χ0v) is 10.7. The highest BCUT2D eigenvalue weighted by Crippen LogP contribution is 2.27. The highest BCUT2D eigenvalue weighted by Gasteiger charge is 2.11. The van der Waals surface area contributed by atoms with E-state index in [4.69, 9.17) is 10.5 Å². The lowest BCUT2D eigenvalue weighted by molar-refractivity contribution is -0.142. The van der Waals surface area contributed by atoms with Crippen LogP contribution >= 0.6 is 11.3 Å². The fraction of sp³-hybridized carbons (Fsp3) is 0.250. The number of hydrogen-bond donors (Lipinski definition) is 1. The number of nitrogens with two attached hydrogens (primary N) is 1. The van der Waals surface area contributed by atoms with Crippen molar-refractivity contribution < 1.29 is 9.53 Å². The van der Waals surface area contributed by atoms with E-state index < -0.39 is 0 Å². The van der Waals surface area contributed by atoms with Gasteiger partial charge in [0.2, 0.25) is 0 Å². The lowest BCUT2D eigenvalue weighted by atomic mass is 10.2. The van der Waals surface area contributed by atoms with E-state index in [0.717, 1.165) is 10.6 Å². The Kier molecular flexibility index (Phi) is 3.88. The summed E-state index contributed by atoms with van der Waals surface area (Å²) >= 11 is 1.44. The predicted molar refractivity (Wildman–Crippen MR) is 70.1 cm³/mol. The van der Waals surface area contributed by atoms with Gasteiger partial charge in [-0.3, -0.25) is 4.79 Å². The lowest BCUT2D eigenvalue weighted by Gasteiger charge is -2.00. The third kappa shape index (κ3) is 2.84. The van der Waals surface area contributed by atoms with Crippen molar-refractivity contribution in [3.63, 3.8) is 0 Å². The number of aromatic nitrogens is 2. The van der Waals surface area contributed by atoms with Gasteiger partial charge < -0.3 is 10.5 Å². The third-order valence-electron chi connectivity index (χ3n) is 2.25. The van der Waals surface area contributed by atoms with Crippen LogP contribution in [-0.4, -0.2) is 22.5 Å². The van der Waals surface area contributed by atoms with E-state index >= 15 is 0 Å². The molecule has 0 saturated carbocycles.